The van der Waals surface area contributed by atoms with Gasteiger partial charge in [0.2, 0.25) is 0 Å². The van der Waals surface area contributed by atoms with E-state index in [9.17, 15) is 4.79 Å². The molecular weight excluding hydrogens is 286 g/mol. The lowest BCUT2D eigenvalue weighted by atomic mass is 10.2. The first-order valence-electron chi connectivity index (χ1n) is 6.17. The zero-order valence-corrected chi connectivity index (χ0v) is 11.7. The van der Waals surface area contributed by atoms with Crippen molar-refractivity contribution in [2.45, 2.75) is 0 Å². The number of amidine groups is 1. The number of benzene rings is 2. The normalized spacial score (nSPS) is 11.5. The van der Waals surface area contributed by atoms with E-state index in [1.807, 2.05) is 18.2 Å². The van der Waals surface area contributed by atoms with Crippen molar-refractivity contribution in [3.63, 3.8) is 0 Å². The third-order valence-electron chi connectivity index (χ3n) is 2.86. The van der Waals surface area contributed by atoms with Crippen LogP contribution in [0.2, 0.25) is 0 Å². The van der Waals surface area contributed by atoms with E-state index in [4.69, 9.17) is 10.6 Å². The number of aromatic nitrogens is 1. The first kappa shape index (κ1) is 13.3. The molecule has 6 heteroatoms. The van der Waals surface area contributed by atoms with E-state index in [1.54, 1.807) is 35.8 Å². The average molecular weight is 297 g/mol. The van der Waals surface area contributed by atoms with Crippen LogP contribution in [0.3, 0.4) is 0 Å². The summed E-state index contributed by atoms with van der Waals surface area (Å²) in [7, 11) is 0. The van der Waals surface area contributed by atoms with Gasteiger partial charge in [0.1, 0.15) is 0 Å². The van der Waals surface area contributed by atoms with E-state index in [0.717, 1.165) is 10.2 Å². The van der Waals surface area contributed by atoms with Crippen LogP contribution in [0.5, 0.6) is 0 Å². The molecule has 5 nitrogen and oxygen atoms in total. The average Bonchev–Trinajstić information content (AvgIpc) is 3.00. The Morgan fingerprint density at radius 2 is 1.95 bits per heavy atom. The van der Waals surface area contributed by atoms with Gasteiger partial charge in [-0.1, -0.05) is 35.5 Å². The molecular formula is C15H11N3O2S. The largest absolute Gasteiger partial charge is 0.380 e. The Hall–Kier alpha value is -2.73. The number of thiazole rings is 1. The molecule has 0 spiro atoms. The van der Waals surface area contributed by atoms with Crippen molar-refractivity contribution in [3.05, 3.63) is 65.2 Å². The monoisotopic (exact) mass is 297 g/mol. The van der Waals surface area contributed by atoms with E-state index in [-0.39, 0.29) is 5.84 Å². The second kappa shape index (κ2) is 5.72. The lowest BCUT2D eigenvalue weighted by Gasteiger charge is -2.01. The van der Waals surface area contributed by atoms with Gasteiger partial charge in [0.05, 0.1) is 21.3 Å². The van der Waals surface area contributed by atoms with E-state index >= 15 is 0 Å². The van der Waals surface area contributed by atoms with Crippen molar-refractivity contribution >= 4 is 33.4 Å². The quantitative estimate of drug-likeness (QED) is 0.349. The van der Waals surface area contributed by atoms with Crippen molar-refractivity contribution in [1.82, 2.24) is 4.98 Å². The first-order chi connectivity index (χ1) is 10.2. The van der Waals surface area contributed by atoms with Gasteiger partial charge < -0.3 is 10.6 Å². The summed E-state index contributed by atoms with van der Waals surface area (Å²) in [6.45, 7) is 0. The van der Waals surface area contributed by atoms with Crippen molar-refractivity contribution in [3.8, 4) is 0 Å². The molecule has 0 unspecified atom stereocenters. The van der Waals surface area contributed by atoms with E-state index < -0.39 is 5.97 Å². The van der Waals surface area contributed by atoms with Gasteiger partial charge in [-0.05, 0) is 18.2 Å². The molecule has 0 aliphatic carbocycles. The Labute approximate surface area is 124 Å². The van der Waals surface area contributed by atoms with Crippen LogP contribution in [0.15, 0.2) is 59.2 Å². The number of nitrogens with zero attached hydrogens (tertiary/aromatic N) is 2. The summed E-state index contributed by atoms with van der Waals surface area (Å²) in [6.07, 6.45) is 0. The summed E-state index contributed by atoms with van der Waals surface area (Å²) >= 11 is 1.46. The molecule has 104 valence electrons. The van der Waals surface area contributed by atoms with Crippen LogP contribution in [0.25, 0.3) is 10.2 Å². The standard InChI is InChI=1S/C15H11N3O2S/c16-14(10-4-2-1-3-5-10)18-20-15(19)11-6-7-12-13(8-11)21-9-17-12/h1-9H,(H2,16,18). The second-order valence-corrected chi connectivity index (χ2v) is 5.14. The lowest BCUT2D eigenvalue weighted by Crippen LogP contribution is -2.15. The van der Waals surface area contributed by atoms with Crippen LogP contribution in [0, 0.1) is 0 Å². The molecule has 0 saturated heterocycles. The SMILES string of the molecule is N/C(=N\OC(=O)c1ccc2ncsc2c1)c1ccccc1. The number of carbonyl (C=O) groups is 1. The van der Waals surface area contributed by atoms with Crippen molar-refractivity contribution in [2.24, 2.45) is 10.9 Å². The Morgan fingerprint density at radius 1 is 1.14 bits per heavy atom. The highest BCUT2D eigenvalue weighted by molar-refractivity contribution is 7.16. The summed E-state index contributed by atoms with van der Waals surface area (Å²) in [5, 5.41) is 3.67. The number of carbonyl (C=O) groups excluding carboxylic acids is 1. The number of oxime groups is 1. The molecule has 1 heterocycles. The highest BCUT2D eigenvalue weighted by Crippen LogP contribution is 2.19. The van der Waals surface area contributed by atoms with Gasteiger partial charge in [-0.25, -0.2) is 9.78 Å². The van der Waals surface area contributed by atoms with E-state index in [1.165, 1.54) is 11.3 Å². The molecule has 3 aromatic rings. The Bertz CT molecular complexity index is 812. The number of fused-ring (bicyclic) bond motifs is 1. The molecule has 2 N–H and O–H groups in total. The fourth-order valence-electron chi connectivity index (χ4n) is 1.79. The fourth-order valence-corrected chi connectivity index (χ4v) is 2.50. The molecule has 0 atom stereocenters. The topological polar surface area (TPSA) is 77.6 Å². The smallest absolute Gasteiger partial charge is 0.365 e. The van der Waals surface area contributed by atoms with Gasteiger partial charge in [-0.3, -0.25) is 0 Å². The number of hydrogen-bond acceptors (Lipinski definition) is 5. The highest BCUT2D eigenvalue weighted by atomic mass is 32.1. The third kappa shape index (κ3) is 2.90. The van der Waals surface area contributed by atoms with Gasteiger partial charge in [0.25, 0.3) is 0 Å². The highest BCUT2D eigenvalue weighted by Gasteiger charge is 2.09. The Balaban J connectivity index is 1.77. The summed E-state index contributed by atoms with van der Waals surface area (Å²) in [4.78, 5) is 21.0. The predicted octanol–water partition coefficient (Wildman–Crippen LogP) is 2.77. The maximum atomic E-state index is 11.9. The van der Waals surface area contributed by atoms with Crippen molar-refractivity contribution in [2.75, 3.05) is 0 Å². The van der Waals surface area contributed by atoms with Crippen LogP contribution < -0.4 is 5.73 Å². The van der Waals surface area contributed by atoms with Crippen LogP contribution in [-0.2, 0) is 4.84 Å². The summed E-state index contributed by atoms with van der Waals surface area (Å²) in [5.41, 5.74) is 9.45. The van der Waals surface area contributed by atoms with Crippen LogP contribution in [0.1, 0.15) is 15.9 Å². The molecule has 21 heavy (non-hydrogen) atoms. The number of nitrogens with two attached hydrogens (primary N) is 1. The van der Waals surface area contributed by atoms with Crippen LogP contribution in [0.4, 0.5) is 0 Å². The molecule has 0 aliphatic rings. The minimum Gasteiger partial charge on any atom is -0.380 e. The Kier molecular flexibility index (Phi) is 3.61. The molecule has 0 amide bonds. The molecule has 3 rings (SSSR count). The maximum Gasteiger partial charge on any atom is 0.365 e. The predicted molar refractivity (Wildman–Crippen MR) is 82.2 cm³/mol. The zero-order valence-electron chi connectivity index (χ0n) is 10.9. The van der Waals surface area contributed by atoms with Crippen LogP contribution in [-0.4, -0.2) is 16.8 Å². The summed E-state index contributed by atoms with van der Waals surface area (Å²) < 4.78 is 0.921. The maximum absolute atomic E-state index is 11.9. The molecule has 0 fully saturated rings. The van der Waals surface area contributed by atoms with Gasteiger partial charge in [0, 0.05) is 5.56 Å². The molecule has 0 bridgehead atoms. The Morgan fingerprint density at radius 3 is 2.76 bits per heavy atom. The van der Waals surface area contributed by atoms with Gasteiger partial charge in [0.15, 0.2) is 5.84 Å². The zero-order chi connectivity index (χ0) is 14.7. The molecule has 0 radical (unpaired) electrons. The first-order valence-corrected chi connectivity index (χ1v) is 7.05. The second-order valence-electron chi connectivity index (χ2n) is 4.26. The van der Waals surface area contributed by atoms with Gasteiger partial charge >= 0.3 is 5.97 Å². The van der Waals surface area contributed by atoms with Crippen LogP contribution >= 0.6 is 11.3 Å². The number of rotatable bonds is 3. The molecule has 2 aromatic carbocycles. The molecule has 1 aromatic heterocycles. The lowest BCUT2D eigenvalue weighted by molar-refractivity contribution is 0.0516. The summed E-state index contributed by atoms with van der Waals surface area (Å²) in [6, 6.07) is 14.3. The summed E-state index contributed by atoms with van der Waals surface area (Å²) in [5.74, 6) is -0.396. The van der Waals surface area contributed by atoms with E-state index in [2.05, 4.69) is 10.1 Å². The van der Waals surface area contributed by atoms with Gasteiger partial charge in [-0.15, -0.1) is 11.3 Å². The minimum absolute atomic E-state index is 0.155. The van der Waals surface area contributed by atoms with E-state index in [0.29, 0.717) is 11.1 Å². The minimum atomic E-state index is -0.552. The number of hydrogen-bond donors (Lipinski definition) is 1. The molecule has 0 aliphatic heterocycles. The van der Waals surface area contributed by atoms with Gasteiger partial charge in [-0.2, -0.15) is 0 Å². The van der Waals surface area contributed by atoms with Crippen molar-refractivity contribution < 1.29 is 9.63 Å². The van der Waals surface area contributed by atoms with Crippen molar-refractivity contribution in [1.29, 1.82) is 0 Å². The fraction of sp³-hybridized carbons (Fsp3) is 0. The molecule has 0 saturated carbocycles. The third-order valence-corrected chi connectivity index (χ3v) is 3.66.